The number of amides is 1. The molecule has 8 nitrogen and oxygen atoms in total. The van der Waals surface area contributed by atoms with Crippen LogP contribution in [0.15, 0.2) is 21.2 Å². The maximum atomic E-state index is 12.7. The van der Waals surface area contributed by atoms with E-state index in [0.29, 0.717) is 28.5 Å². The van der Waals surface area contributed by atoms with E-state index in [2.05, 4.69) is 20.9 Å². The zero-order chi connectivity index (χ0) is 20.1. The summed E-state index contributed by atoms with van der Waals surface area (Å²) in [5.41, 5.74) is 0.548. The minimum atomic E-state index is -0.655. The molecule has 1 fully saturated rings. The highest BCUT2D eigenvalue weighted by Crippen LogP contribution is 2.36. The Morgan fingerprint density at radius 1 is 1.32 bits per heavy atom. The molecule has 9 heteroatoms. The quantitative estimate of drug-likeness (QED) is 0.575. The Kier molecular flexibility index (Phi) is 6.90. The van der Waals surface area contributed by atoms with Gasteiger partial charge in [0.2, 0.25) is 11.5 Å². The SMILES string of the molecule is CCOC(=O)c1oc2ncc(Br)cc2c1N(CC[C@@H]1CCCO1)C(=O)OCC. The Balaban J connectivity index is 2.04. The zero-order valence-corrected chi connectivity index (χ0v) is 17.5. The number of aromatic nitrogens is 1. The van der Waals surface area contributed by atoms with E-state index in [1.165, 1.54) is 4.90 Å². The fourth-order valence-electron chi connectivity index (χ4n) is 3.19. The molecular formula is C19H23BrN2O6. The number of hydrogen-bond acceptors (Lipinski definition) is 7. The molecule has 1 aliphatic heterocycles. The van der Waals surface area contributed by atoms with Crippen LogP contribution < -0.4 is 4.90 Å². The number of anilines is 1. The van der Waals surface area contributed by atoms with Crippen LogP contribution >= 0.6 is 15.9 Å². The fraction of sp³-hybridized carbons (Fsp3) is 0.526. The van der Waals surface area contributed by atoms with Crippen LogP contribution in [0.2, 0.25) is 0 Å². The number of carbonyl (C=O) groups excluding carboxylic acids is 2. The molecule has 0 saturated carbocycles. The van der Waals surface area contributed by atoms with E-state index >= 15 is 0 Å². The predicted octanol–water partition coefficient (Wildman–Crippen LogP) is 4.30. The summed E-state index contributed by atoms with van der Waals surface area (Å²) in [7, 11) is 0. The summed E-state index contributed by atoms with van der Waals surface area (Å²) >= 11 is 3.38. The molecule has 3 heterocycles. The Labute approximate surface area is 171 Å². The van der Waals surface area contributed by atoms with Crippen molar-refractivity contribution in [3.63, 3.8) is 0 Å². The molecule has 2 aromatic heterocycles. The molecule has 1 amide bonds. The van der Waals surface area contributed by atoms with E-state index in [9.17, 15) is 9.59 Å². The lowest BCUT2D eigenvalue weighted by Crippen LogP contribution is -2.35. The average Bonchev–Trinajstić information content (AvgIpc) is 3.30. The van der Waals surface area contributed by atoms with E-state index < -0.39 is 12.1 Å². The van der Waals surface area contributed by atoms with Gasteiger partial charge >= 0.3 is 12.1 Å². The van der Waals surface area contributed by atoms with Crippen molar-refractivity contribution in [2.45, 2.75) is 39.2 Å². The molecule has 0 unspecified atom stereocenters. The van der Waals surface area contributed by atoms with E-state index in [-0.39, 0.29) is 30.8 Å². The maximum absolute atomic E-state index is 12.7. The van der Waals surface area contributed by atoms with Crippen LogP contribution in [-0.4, -0.2) is 49.5 Å². The monoisotopic (exact) mass is 454 g/mol. The summed E-state index contributed by atoms with van der Waals surface area (Å²) in [5.74, 6) is -0.721. The molecular weight excluding hydrogens is 432 g/mol. The van der Waals surface area contributed by atoms with Crippen LogP contribution in [0, 0.1) is 0 Å². The molecule has 0 bridgehead atoms. The van der Waals surface area contributed by atoms with E-state index in [1.54, 1.807) is 26.1 Å². The minimum absolute atomic E-state index is 0.0668. The van der Waals surface area contributed by atoms with Crippen molar-refractivity contribution in [3.8, 4) is 0 Å². The molecule has 1 atom stereocenters. The van der Waals surface area contributed by atoms with Crippen molar-refractivity contribution in [2.75, 3.05) is 31.3 Å². The smallest absolute Gasteiger partial charge is 0.414 e. The molecule has 1 saturated heterocycles. The van der Waals surface area contributed by atoms with E-state index in [4.69, 9.17) is 18.6 Å². The number of esters is 1. The molecule has 0 aromatic carbocycles. The maximum Gasteiger partial charge on any atom is 0.414 e. The second-order valence-corrected chi connectivity index (χ2v) is 7.20. The third-order valence-corrected chi connectivity index (χ3v) is 4.84. The van der Waals surface area contributed by atoms with Crippen LogP contribution in [0.5, 0.6) is 0 Å². The van der Waals surface area contributed by atoms with Crippen LogP contribution in [0.3, 0.4) is 0 Å². The first-order valence-corrected chi connectivity index (χ1v) is 10.2. The molecule has 0 radical (unpaired) electrons. The van der Waals surface area contributed by atoms with E-state index in [1.807, 2.05) is 0 Å². The number of halogens is 1. The Morgan fingerprint density at radius 2 is 2.11 bits per heavy atom. The highest BCUT2D eigenvalue weighted by atomic mass is 79.9. The standard InChI is InChI=1S/C19H23BrN2O6/c1-3-25-18(23)16-15(14-10-12(20)11-21-17(14)28-16)22(19(24)26-4-2)8-7-13-6-5-9-27-13/h10-11,13H,3-9H2,1-2H3/t13-/m0/s1. The van der Waals surface area contributed by atoms with Crippen molar-refractivity contribution in [1.82, 2.24) is 4.98 Å². The van der Waals surface area contributed by atoms with Crippen molar-refractivity contribution < 1.29 is 28.2 Å². The van der Waals surface area contributed by atoms with Gasteiger partial charge in [-0.1, -0.05) is 0 Å². The van der Waals surface area contributed by atoms with Crippen LogP contribution in [-0.2, 0) is 14.2 Å². The Morgan fingerprint density at radius 3 is 2.79 bits per heavy atom. The molecule has 0 spiro atoms. The third-order valence-electron chi connectivity index (χ3n) is 4.40. The molecule has 3 rings (SSSR count). The average molecular weight is 455 g/mol. The van der Waals surface area contributed by atoms with Gasteiger partial charge in [0, 0.05) is 23.8 Å². The molecule has 1 aliphatic rings. The van der Waals surface area contributed by atoms with Crippen LogP contribution in [0.4, 0.5) is 10.5 Å². The largest absolute Gasteiger partial charge is 0.460 e. The van der Waals surface area contributed by atoms with Crippen molar-refractivity contribution in [1.29, 1.82) is 0 Å². The number of hydrogen-bond donors (Lipinski definition) is 0. The summed E-state index contributed by atoms with van der Waals surface area (Å²) in [6.07, 6.45) is 3.64. The summed E-state index contributed by atoms with van der Waals surface area (Å²) < 4.78 is 22.4. The van der Waals surface area contributed by atoms with Crippen LogP contribution in [0.1, 0.15) is 43.7 Å². The second-order valence-electron chi connectivity index (χ2n) is 6.28. The normalized spacial score (nSPS) is 16.3. The van der Waals surface area contributed by atoms with Gasteiger partial charge in [-0.2, -0.15) is 0 Å². The second kappa shape index (κ2) is 9.38. The number of fused-ring (bicyclic) bond motifs is 1. The first kappa shape index (κ1) is 20.6. The fourth-order valence-corrected chi connectivity index (χ4v) is 3.52. The minimum Gasteiger partial charge on any atom is -0.460 e. The summed E-state index contributed by atoms with van der Waals surface area (Å²) in [4.78, 5) is 30.9. The van der Waals surface area contributed by atoms with Crippen LogP contribution in [0.25, 0.3) is 11.1 Å². The lowest BCUT2D eigenvalue weighted by Gasteiger charge is -2.23. The number of furan rings is 1. The van der Waals surface area contributed by atoms with Gasteiger partial charge in [0.15, 0.2) is 0 Å². The Bertz CT molecular complexity index is 846. The zero-order valence-electron chi connectivity index (χ0n) is 15.9. The van der Waals surface area contributed by atoms with Gasteiger partial charge in [0.25, 0.3) is 0 Å². The van der Waals surface area contributed by atoms with Gasteiger partial charge in [-0.25, -0.2) is 14.6 Å². The molecule has 152 valence electrons. The van der Waals surface area contributed by atoms with E-state index in [0.717, 1.165) is 19.4 Å². The molecule has 0 N–H and O–H groups in total. The first-order valence-electron chi connectivity index (χ1n) is 9.36. The molecule has 28 heavy (non-hydrogen) atoms. The third kappa shape index (κ3) is 4.47. The lowest BCUT2D eigenvalue weighted by molar-refractivity contribution is 0.0493. The first-order chi connectivity index (χ1) is 13.5. The van der Waals surface area contributed by atoms with Crippen molar-refractivity contribution in [3.05, 3.63) is 22.5 Å². The van der Waals surface area contributed by atoms with Gasteiger partial charge < -0.3 is 18.6 Å². The molecule has 0 aliphatic carbocycles. The summed E-state index contributed by atoms with van der Waals surface area (Å²) in [5, 5.41) is 0.526. The topological polar surface area (TPSA) is 91.1 Å². The summed E-state index contributed by atoms with van der Waals surface area (Å²) in [6, 6.07) is 1.75. The lowest BCUT2D eigenvalue weighted by atomic mass is 10.1. The highest BCUT2D eigenvalue weighted by Gasteiger charge is 2.32. The van der Waals surface area contributed by atoms with Gasteiger partial charge in [-0.05, 0) is 55.1 Å². The highest BCUT2D eigenvalue weighted by molar-refractivity contribution is 9.10. The molecule has 2 aromatic rings. The number of carbonyl (C=O) groups is 2. The van der Waals surface area contributed by atoms with Gasteiger partial charge in [-0.15, -0.1) is 0 Å². The number of ether oxygens (including phenoxy) is 3. The van der Waals surface area contributed by atoms with Crippen molar-refractivity contribution >= 4 is 44.8 Å². The predicted molar refractivity (Wildman–Crippen MR) is 106 cm³/mol. The van der Waals surface area contributed by atoms with Gasteiger partial charge in [-0.3, -0.25) is 4.90 Å². The van der Waals surface area contributed by atoms with Gasteiger partial charge in [0.05, 0.1) is 24.7 Å². The van der Waals surface area contributed by atoms with Gasteiger partial charge in [0.1, 0.15) is 5.69 Å². The number of pyridine rings is 1. The summed E-state index contributed by atoms with van der Waals surface area (Å²) in [6.45, 7) is 4.87. The number of rotatable bonds is 7. The number of nitrogens with zero attached hydrogens (tertiary/aromatic N) is 2. The Hall–Kier alpha value is -2.13. The van der Waals surface area contributed by atoms with Crippen molar-refractivity contribution in [2.24, 2.45) is 0 Å².